The van der Waals surface area contributed by atoms with E-state index in [4.69, 9.17) is 0 Å². The molecule has 0 N–H and O–H groups in total. The molecule has 0 atom stereocenters. The highest BCUT2D eigenvalue weighted by Crippen LogP contribution is 2.38. The highest BCUT2D eigenvalue weighted by Gasteiger charge is 2.15. The third-order valence-corrected chi connectivity index (χ3v) is 14.9. The Morgan fingerprint density at radius 3 is 0.827 bits per heavy atom. The fourth-order valence-electron chi connectivity index (χ4n) is 10.8. The summed E-state index contributed by atoms with van der Waals surface area (Å²) in [5.74, 6) is 0. The number of para-hydroxylation sites is 3. The minimum atomic E-state index is 1.09. The molecule has 0 aliphatic rings. The number of benzene rings is 12. The molecule has 14 aromatic rings. The van der Waals surface area contributed by atoms with Crippen LogP contribution in [0.1, 0.15) is 0 Å². The summed E-state index contributed by atoms with van der Waals surface area (Å²) in [6, 6.07) is 107. The number of rotatable bonds is 8. The lowest BCUT2D eigenvalue weighted by Gasteiger charge is -2.12. The second kappa shape index (κ2) is 20.0. The summed E-state index contributed by atoms with van der Waals surface area (Å²) in [5.41, 5.74) is 21.8. The second-order valence-electron chi connectivity index (χ2n) is 19.0. The Balaban J connectivity index is 0.000000144. The van der Waals surface area contributed by atoms with Crippen LogP contribution in [-0.4, -0.2) is 9.13 Å². The van der Waals surface area contributed by atoms with E-state index >= 15 is 0 Å². The van der Waals surface area contributed by atoms with Crippen LogP contribution in [0.4, 0.5) is 0 Å². The zero-order chi connectivity index (χ0) is 50.1. The lowest BCUT2D eigenvalue weighted by molar-refractivity contribution is 1.18. The van der Waals surface area contributed by atoms with Gasteiger partial charge in [0.1, 0.15) is 0 Å². The number of hydrogen-bond donors (Lipinski definition) is 0. The van der Waals surface area contributed by atoms with Crippen LogP contribution in [0.25, 0.3) is 122 Å². The van der Waals surface area contributed by atoms with Gasteiger partial charge in [0.25, 0.3) is 0 Å². The van der Waals surface area contributed by atoms with E-state index in [-0.39, 0.29) is 0 Å². The number of halogens is 1. The van der Waals surface area contributed by atoms with Crippen LogP contribution in [0, 0.1) is 0 Å². The van der Waals surface area contributed by atoms with Crippen molar-refractivity contribution in [1.82, 2.24) is 9.13 Å². The minimum Gasteiger partial charge on any atom is -0.309 e. The highest BCUT2D eigenvalue weighted by atomic mass is 79.9. The summed E-state index contributed by atoms with van der Waals surface area (Å²) < 4.78 is 5.84. The van der Waals surface area contributed by atoms with Gasteiger partial charge in [-0.15, -0.1) is 0 Å². The van der Waals surface area contributed by atoms with E-state index in [1.165, 1.54) is 116 Å². The van der Waals surface area contributed by atoms with Gasteiger partial charge in [0.15, 0.2) is 0 Å². The van der Waals surface area contributed by atoms with E-state index in [0.29, 0.717) is 0 Å². The first kappa shape index (κ1) is 45.6. The number of nitrogens with zero attached hydrogens (tertiary/aromatic N) is 2. The maximum Gasteiger partial charge on any atom is 0.0541 e. The molecule has 2 aromatic heterocycles. The molecule has 2 nitrogen and oxygen atoms in total. The Morgan fingerprint density at radius 1 is 0.187 bits per heavy atom. The molecule has 0 radical (unpaired) electrons. The van der Waals surface area contributed by atoms with Gasteiger partial charge in [-0.25, -0.2) is 0 Å². The van der Waals surface area contributed by atoms with Crippen molar-refractivity contribution in [3.8, 4) is 78.1 Å². The Hall–Kier alpha value is -9.28. The molecule has 0 saturated heterocycles. The molecule has 0 saturated carbocycles. The average molecular weight is 1020 g/mol. The van der Waals surface area contributed by atoms with Crippen molar-refractivity contribution in [2.24, 2.45) is 0 Å². The molecular weight excluding hydrogens is 973 g/mol. The fraction of sp³-hybridized carbons (Fsp3) is 0. The first-order chi connectivity index (χ1) is 37.1. The van der Waals surface area contributed by atoms with Gasteiger partial charge in [-0.1, -0.05) is 228 Å². The smallest absolute Gasteiger partial charge is 0.0541 e. The molecule has 354 valence electrons. The van der Waals surface area contributed by atoms with E-state index in [2.05, 4.69) is 322 Å². The lowest BCUT2D eigenvalue weighted by atomic mass is 9.96. The molecule has 3 heteroatoms. The Bertz CT molecular complexity index is 4320. The van der Waals surface area contributed by atoms with E-state index in [0.717, 1.165) is 10.2 Å². The molecule has 12 aromatic carbocycles. The Morgan fingerprint density at radius 2 is 0.453 bits per heavy atom. The van der Waals surface area contributed by atoms with Gasteiger partial charge in [-0.2, -0.15) is 0 Å². The molecule has 0 bridgehead atoms. The first-order valence-corrected chi connectivity index (χ1v) is 26.3. The normalized spacial score (nSPS) is 11.3. The van der Waals surface area contributed by atoms with Crippen molar-refractivity contribution in [3.05, 3.63) is 302 Å². The maximum atomic E-state index is 3.66. The van der Waals surface area contributed by atoms with Crippen molar-refractivity contribution in [2.45, 2.75) is 0 Å². The zero-order valence-corrected chi connectivity index (χ0v) is 42.6. The molecule has 0 aliphatic heterocycles. The van der Waals surface area contributed by atoms with Crippen LogP contribution in [0.2, 0.25) is 0 Å². The second-order valence-corrected chi connectivity index (χ2v) is 20.0. The van der Waals surface area contributed by atoms with Crippen LogP contribution >= 0.6 is 15.9 Å². The van der Waals surface area contributed by atoms with E-state index < -0.39 is 0 Å². The summed E-state index contributed by atoms with van der Waals surface area (Å²) in [5, 5.41) is 5.07. The monoisotopic (exact) mass is 1020 g/mol. The zero-order valence-electron chi connectivity index (χ0n) is 41.1. The van der Waals surface area contributed by atoms with Gasteiger partial charge in [-0.3, -0.25) is 0 Å². The maximum absolute atomic E-state index is 3.66. The molecule has 14 rings (SSSR count). The summed E-state index contributed by atoms with van der Waals surface area (Å²) in [6.45, 7) is 0. The third kappa shape index (κ3) is 8.94. The number of aromatic nitrogens is 2. The summed E-state index contributed by atoms with van der Waals surface area (Å²) in [4.78, 5) is 0. The molecule has 75 heavy (non-hydrogen) atoms. The summed E-state index contributed by atoms with van der Waals surface area (Å²) >= 11 is 3.66. The van der Waals surface area contributed by atoms with Crippen molar-refractivity contribution < 1.29 is 0 Å². The Labute approximate surface area is 445 Å². The molecular formula is C72H49BrN2. The van der Waals surface area contributed by atoms with Gasteiger partial charge in [-0.05, 0) is 152 Å². The molecule has 0 amide bonds. The van der Waals surface area contributed by atoms with Crippen LogP contribution in [0.15, 0.2) is 302 Å². The largest absolute Gasteiger partial charge is 0.309 e. The highest BCUT2D eigenvalue weighted by molar-refractivity contribution is 9.10. The Kier molecular flexibility index (Phi) is 12.1. The van der Waals surface area contributed by atoms with Gasteiger partial charge < -0.3 is 9.13 Å². The van der Waals surface area contributed by atoms with Crippen LogP contribution < -0.4 is 0 Å². The van der Waals surface area contributed by atoms with Crippen molar-refractivity contribution in [1.29, 1.82) is 0 Å². The summed E-state index contributed by atoms with van der Waals surface area (Å²) in [6.07, 6.45) is 0. The van der Waals surface area contributed by atoms with Gasteiger partial charge >= 0.3 is 0 Å². The van der Waals surface area contributed by atoms with E-state index in [1.807, 2.05) is 0 Å². The third-order valence-electron chi connectivity index (χ3n) is 14.4. The van der Waals surface area contributed by atoms with Crippen molar-refractivity contribution in [2.75, 3.05) is 0 Å². The van der Waals surface area contributed by atoms with E-state index in [1.54, 1.807) is 0 Å². The molecule has 0 aliphatic carbocycles. The van der Waals surface area contributed by atoms with Crippen LogP contribution in [-0.2, 0) is 0 Å². The summed E-state index contributed by atoms with van der Waals surface area (Å²) in [7, 11) is 0. The van der Waals surface area contributed by atoms with Gasteiger partial charge in [0.2, 0.25) is 0 Å². The van der Waals surface area contributed by atoms with Crippen LogP contribution in [0.5, 0.6) is 0 Å². The first-order valence-electron chi connectivity index (χ1n) is 25.5. The van der Waals surface area contributed by atoms with Crippen molar-refractivity contribution in [3.63, 3.8) is 0 Å². The number of fused-ring (bicyclic) bond motifs is 6. The fourth-order valence-corrected chi connectivity index (χ4v) is 11.2. The van der Waals surface area contributed by atoms with Gasteiger partial charge in [0, 0.05) is 37.4 Å². The SMILES string of the molecule is Brc1ccc2c(c1)c1ccccc1n2-c1cccc(-c2cccc(-c3cccc(-c4ccccc4)c3)c2)c1.c1ccc(-c2cccc(-c3cccc(-c4cccc(-n5c6ccccc6c6ccccc65)c4)c3)c2)cc1. The predicted molar refractivity (Wildman–Crippen MR) is 322 cm³/mol. The lowest BCUT2D eigenvalue weighted by Crippen LogP contribution is -1.94. The molecule has 2 heterocycles. The quantitative estimate of drug-likeness (QED) is 0.144. The minimum absolute atomic E-state index is 1.09. The topological polar surface area (TPSA) is 9.86 Å². The predicted octanol–water partition coefficient (Wildman–Crippen LogP) is 20.3. The van der Waals surface area contributed by atoms with Crippen LogP contribution in [0.3, 0.4) is 0 Å². The number of hydrogen-bond acceptors (Lipinski definition) is 0. The molecule has 0 spiro atoms. The average Bonchev–Trinajstić information content (AvgIpc) is 4.01. The molecule has 0 unspecified atom stereocenters. The standard InChI is InChI=1S/C36H24BrN.C36H25N/c37-31-19-20-36-34(24-31)33-17-4-5-18-35(33)38(36)32-16-8-15-30(23-32)29-14-7-13-28(22-29)27-12-6-11-26(21-27)25-9-2-1-3-10-25;1-2-11-26(12-3-1)27-13-8-14-28(23-27)29-15-9-16-30(24-29)31-17-10-18-32(25-31)37-35-21-6-4-19-33(35)34-20-5-7-22-36(34)37/h1-24H;1-25H. The van der Waals surface area contributed by atoms with E-state index in [9.17, 15) is 0 Å². The van der Waals surface area contributed by atoms with Crippen molar-refractivity contribution >= 4 is 59.5 Å². The van der Waals surface area contributed by atoms with Gasteiger partial charge in [0.05, 0.1) is 22.1 Å². The molecule has 0 fully saturated rings.